The number of nitrogens with one attached hydrogen (secondary N) is 2. The Labute approximate surface area is 161 Å². The molecule has 0 bridgehead atoms. The minimum atomic E-state index is -0.573. The zero-order chi connectivity index (χ0) is 20.5. The van der Waals surface area contributed by atoms with E-state index >= 15 is 0 Å². The summed E-state index contributed by atoms with van der Waals surface area (Å²) in [5.41, 5.74) is 2.97. The van der Waals surface area contributed by atoms with Gasteiger partial charge in [-0.15, -0.1) is 0 Å². The third-order valence-corrected chi connectivity index (χ3v) is 3.40. The Hall–Kier alpha value is -3.75. The first-order valence-electron chi connectivity index (χ1n) is 8.45. The van der Waals surface area contributed by atoms with Crippen molar-refractivity contribution in [2.24, 2.45) is 5.10 Å². The van der Waals surface area contributed by atoms with Gasteiger partial charge in [0.25, 0.3) is 17.5 Å². The number of ether oxygens (including phenoxy) is 1. The van der Waals surface area contributed by atoms with E-state index in [-0.39, 0.29) is 29.8 Å². The predicted octanol–water partition coefficient (Wildman–Crippen LogP) is 2.26. The van der Waals surface area contributed by atoms with Gasteiger partial charge in [-0.1, -0.05) is 6.07 Å². The Morgan fingerprint density at radius 1 is 1.21 bits per heavy atom. The maximum absolute atomic E-state index is 12.0. The molecule has 2 amide bonds. The van der Waals surface area contributed by atoms with Crippen LogP contribution in [0.25, 0.3) is 0 Å². The topological polar surface area (TPSA) is 123 Å². The maximum atomic E-state index is 12.0. The molecule has 2 aromatic carbocycles. The van der Waals surface area contributed by atoms with E-state index in [1.54, 1.807) is 24.3 Å². The largest absolute Gasteiger partial charge is 0.484 e. The monoisotopic (exact) mass is 384 g/mol. The van der Waals surface area contributed by atoms with E-state index < -0.39 is 10.8 Å². The number of hydrogen-bond donors (Lipinski definition) is 2. The van der Waals surface area contributed by atoms with Crippen LogP contribution in [0.2, 0.25) is 0 Å². The third-order valence-electron chi connectivity index (χ3n) is 3.40. The van der Waals surface area contributed by atoms with Crippen LogP contribution in [-0.2, 0) is 4.79 Å². The van der Waals surface area contributed by atoms with Crippen LogP contribution in [0.4, 0.5) is 5.69 Å². The lowest BCUT2D eigenvalue weighted by Gasteiger charge is -2.09. The molecule has 2 rings (SSSR count). The van der Waals surface area contributed by atoms with Crippen molar-refractivity contribution >= 4 is 23.7 Å². The number of rotatable bonds is 8. The summed E-state index contributed by atoms with van der Waals surface area (Å²) in [6.07, 6.45) is 1.42. The standard InChI is InChI=1S/C19H20N4O5/c1-13(2)21-18(24)12-28-17-8-6-14(7-9-17)11-20-22-19(25)15-4-3-5-16(10-15)23(26)27/h3-11,13H,12H2,1-2H3,(H,21,24)(H,22,25)/b20-11-. The highest BCUT2D eigenvalue weighted by Gasteiger charge is 2.10. The van der Waals surface area contributed by atoms with Gasteiger partial charge in [-0.25, -0.2) is 5.43 Å². The highest BCUT2D eigenvalue weighted by atomic mass is 16.6. The van der Waals surface area contributed by atoms with Gasteiger partial charge < -0.3 is 10.1 Å². The van der Waals surface area contributed by atoms with Crippen LogP contribution < -0.4 is 15.5 Å². The maximum Gasteiger partial charge on any atom is 0.271 e. The van der Waals surface area contributed by atoms with E-state index in [1.807, 2.05) is 13.8 Å². The number of carbonyl (C=O) groups is 2. The van der Waals surface area contributed by atoms with Crippen molar-refractivity contribution in [1.29, 1.82) is 0 Å². The van der Waals surface area contributed by atoms with E-state index in [2.05, 4.69) is 15.8 Å². The Bertz CT molecular complexity index is 878. The number of amides is 2. The van der Waals surface area contributed by atoms with E-state index in [0.29, 0.717) is 11.3 Å². The molecule has 0 heterocycles. The smallest absolute Gasteiger partial charge is 0.271 e. The van der Waals surface area contributed by atoms with Crippen LogP contribution in [0.15, 0.2) is 53.6 Å². The molecule has 9 nitrogen and oxygen atoms in total. The molecule has 0 radical (unpaired) electrons. The van der Waals surface area contributed by atoms with E-state index in [4.69, 9.17) is 4.74 Å². The second-order valence-corrected chi connectivity index (χ2v) is 6.09. The summed E-state index contributed by atoms with van der Waals surface area (Å²) in [7, 11) is 0. The number of nitro benzene ring substituents is 1. The van der Waals surface area contributed by atoms with Crippen molar-refractivity contribution < 1.29 is 19.2 Å². The number of hydrogen-bond acceptors (Lipinski definition) is 6. The van der Waals surface area contributed by atoms with Crippen molar-refractivity contribution in [3.05, 3.63) is 69.8 Å². The van der Waals surface area contributed by atoms with Crippen LogP contribution in [0.3, 0.4) is 0 Å². The molecule has 0 aliphatic rings. The molecular formula is C19H20N4O5. The van der Waals surface area contributed by atoms with Gasteiger partial charge in [0.05, 0.1) is 11.1 Å². The molecular weight excluding hydrogens is 364 g/mol. The lowest BCUT2D eigenvalue weighted by Crippen LogP contribution is -2.34. The number of nitrogens with zero attached hydrogens (tertiary/aromatic N) is 2. The molecule has 0 atom stereocenters. The normalized spacial score (nSPS) is 10.7. The minimum Gasteiger partial charge on any atom is -0.484 e. The van der Waals surface area contributed by atoms with Gasteiger partial charge in [0, 0.05) is 23.7 Å². The number of non-ortho nitro benzene ring substituents is 1. The summed E-state index contributed by atoms with van der Waals surface area (Å²) in [5, 5.41) is 17.3. The van der Waals surface area contributed by atoms with Gasteiger partial charge >= 0.3 is 0 Å². The van der Waals surface area contributed by atoms with Gasteiger partial charge in [0.2, 0.25) is 0 Å². The molecule has 0 saturated heterocycles. The van der Waals surface area contributed by atoms with Crippen molar-refractivity contribution in [3.8, 4) is 5.75 Å². The van der Waals surface area contributed by atoms with Gasteiger partial charge in [-0.3, -0.25) is 19.7 Å². The van der Waals surface area contributed by atoms with Gasteiger partial charge in [-0.05, 0) is 49.7 Å². The molecule has 28 heavy (non-hydrogen) atoms. The van der Waals surface area contributed by atoms with Gasteiger partial charge in [-0.2, -0.15) is 5.10 Å². The van der Waals surface area contributed by atoms with E-state index in [9.17, 15) is 19.7 Å². The summed E-state index contributed by atoms with van der Waals surface area (Å²) >= 11 is 0. The molecule has 0 spiro atoms. The molecule has 2 N–H and O–H groups in total. The Kier molecular flexibility index (Phi) is 7.21. The molecule has 0 aliphatic heterocycles. The lowest BCUT2D eigenvalue weighted by atomic mass is 10.2. The number of hydrazone groups is 1. The van der Waals surface area contributed by atoms with Crippen LogP contribution in [-0.4, -0.2) is 35.6 Å². The highest BCUT2D eigenvalue weighted by molar-refractivity contribution is 5.95. The SMILES string of the molecule is CC(C)NC(=O)COc1ccc(/C=N\NC(=O)c2cccc([N+](=O)[O-])c2)cc1. The number of carbonyl (C=O) groups excluding carboxylic acids is 2. The van der Waals surface area contributed by atoms with Crippen LogP contribution in [0.5, 0.6) is 5.75 Å². The fourth-order valence-corrected chi connectivity index (χ4v) is 2.15. The van der Waals surface area contributed by atoms with E-state index in [1.165, 1.54) is 30.5 Å². The summed E-state index contributed by atoms with van der Waals surface area (Å²) in [5.74, 6) is -0.239. The van der Waals surface area contributed by atoms with Crippen molar-refractivity contribution in [1.82, 2.24) is 10.7 Å². The average Bonchev–Trinajstić information content (AvgIpc) is 2.67. The molecule has 9 heteroatoms. The lowest BCUT2D eigenvalue weighted by molar-refractivity contribution is -0.384. The average molecular weight is 384 g/mol. The van der Waals surface area contributed by atoms with Crippen LogP contribution in [0, 0.1) is 10.1 Å². The van der Waals surface area contributed by atoms with Crippen molar-refractivity contribution in [2.45, 2.75) is 19.9 Å². The number of nitro groups is 1. The summed E-state index contributed by atoms with van der Waals surface area (Å²) < 4.78 is 5.37. The molecule has 0 aliphatic carbocycles. The van der Waals surface area contributed by atoms with Crippen molar-refractivity contribution in [3.63, 3.8) is 0 Å². The first kappa shape index (κ1) is 20.6. The van der Waals surface area contributed by atoms with Crippen molar-refractivity contribution in [2.75, 3.05) is 6.61 Å². The summed E-state index contributed by atoms with van der Waals surface area (Å²) in [6.45, 7) is 3.65. The summed E-state index contributed by atoms with van der Waals surface area (Å²) in [6, 6.07) is 12.2. The molecule has 0 aromatic heterocycles. The minimum absolute atomic E-state index is 0.0481. The zero-order valence-electron chi connectivity index (χ0n) is 15.4. The van der Waals surface area contributed by atoms with Crippen LogP contribution in [0.1, 0.15) is 29.8 Å². The van der Waals surface area contributed by atoms with E-state index in [0.717, 1.165) is 0 Å². The third kappa shape index (κ3) is 6.52. The van der Waals surface area contributed by atoms with Crippen LogP contribution >= 0.6 is 0 Å². The first-order chi connectivity index (χ1) is 13.3. The Morgan fingerprint density at radius 2 is 1.93 bits per heavy atom. The fraction of sp³-hybridized carbons (Fsp3) is 0.211. The van der Waals surface area contributed by atoms with Gasteiger partial charge in [0.15, 0.2) is 6.61 Å². The predicted molar refractivity (Wildman–Crippen MR) is 103 cm³/mol. The highest BCUT2D eigenvalue weighted by Crippen LogP contribution is 2.13. The van der Waals surface area contributed by atoms with Gasteiger partial charge in [0.1, 0.15) is 5.75 Å². The second-order valence-electron chi connectivity index (χ2n) is 6.09. The fourth-order valence-electron chi connectivity index (χ4n) is 2.15. The number of benzene rings is 2. The molecule has 146 valence electrons. The zero-order valence-corrected chi connectivity index (χ0v) is 15.4. The first-order valence-corrected chi connectivity index (χ1v) is 8.45. The Balaban J connectivity index is 1.87. The quantitative estimate of drug-likeness (QED) is 0.410. The summed E-state index contributed by atoms with van der Waals surface area (Å²) in [4.78, 5) is 33.7. The molecule has 0 fully saturated rings. The molecule has 0 unspecified atom stereocenters. The second kappa shape index (κ2) is 9.81. The molecule has 2 aromatic rings. The molecule has 0 saturated carbocycles. The Morgan fingerprint density at radius 3 is 2.57 bits per heavy atom.